The van der Waals surface area contributed by atoms with Gasteiger partial charge in [0.05, 0.1) is 15.2 Å². The Labute approximate surface area is 119 Å². The number of hydrogen-bond acceptors (Lipinski definition) is 1. The summed E-state index contributed by atoms with van der Waals surface area (Å²) in [6.45, 7) is 12.4. The summed E-state index contributed by atoms with van der Waals surface area (Å²) in [5.74, 6) is 2.69. The molecule has 0 bridgehead atoms. The van der Waals surface area contributed by atoms with Gasteiger partial charge in [-0.2, -0.15) is 0 Å². The Morgan fingerprint density at radius 2 is 1.74 bits per heavy atom. The van der Waals surface area contributed by atoms with Crippen molar-refractivity contribution in [2.45, 2.75) is 57.3 Å². The lowest BCUT2D eigenvalue weighted by Crippen LogP contribution is -2.37. The molecule has 0 aromatic heterocycles. The first kappa shape index (κ1) is 14.6. The molecule has 0 heterocycles. The topological polar surface area (TPSA) is 9.23 Å². The fourth-order valence-electron chi connectivity index (χ4n) is 2.69. The highest BCUT2D eigenvalue weighted by molar-refractivity contribution is 6.80. The van der Waals surface area contributed by atoms with Crippen LogP contribution in [0.4, 0.5) is 0 Å². The largest absolute Gasteiger partial charge is 0.497 e. The molecule has 2 atom stereocenters. The monoisotopic (exact) mass is 276 g/mol. The van der Waals surface area contributed by atoms with Gasteiger partial charge < -0.3 is 4.74 Å². The Balaban J connectivity index is 1.97. The average Bonchev–Trinajstić information content (AvgIpc) is 3.06. The molecule has 0 spiro atoms. The molecule has 0 radical (unpaired) electrons. The molecule has 1 aromatic rings. The number of hydrogen-bond donors (Lipinski definition) is 0. The van der Waals surface area contributed by atoms with E-state index in [4.69, 9.17) is 4.74 Å². The molecule has 19 heavy (non-hydrogen) atoms. The van der Waals surface area contributed by atoms with Crippen molar-refractivity contribution >= 4 is 8.07 Å². The zero-order chi connectivity index (χ0) is 14.3. The highest BCUT2D eigenvalue weighted by Crippen LogP contribution is 2.55. The van der Waals surface area contributed by atoms with Crippen molar-refractivity contribution in [2.24, 2.45) is 5.92 Å². The van der Waals surface area contributed by atoms with Gasteiger partial charge in [0.15, 0.2) is 0 Å². The van der Waals surface area contributed by atoms with E-state index in [0.717, 1.165) is 17.6 Å². The van der Waals surface area contributed by atoms with Crippen LogP contribution in [0.2, 0.25) is 24.2 Å². The van der Waals surface area contributed by atoms with Crippen LogP contribution in [-0.4, -0.2) is 15.2 Å². The van der Waals surface area contributed by atoms with Crippen LogP contribution in [0, 0.1) is 5.92 Å². The van der Waals surface area contributed by atoms with Gasteiger partial charge in [0.1, 0.15) is 5.75 Å². The van der Waals surface area contributed by atoms with Gasteiger partial charge in [0.25, 0.3) is 0 Å². The molecular weight excluding hydrogens is 248 g/mol. The molecule has 2 rings (SSSR count). The van der Waals surface area contributed by atoms with Gasteiger partial charge in [-0.05, 0) is 41.0 Å². The highest BCUT2D eigenvalue weighted by atomic mass is 28.3. The van der Waals surface area contributed by atoms with Crippen molar-refractivity contribution < 1.29 is 4.74 Å². The average molecular weight is 276 g/mol. The Morgan fingerprint density at radius 3 is 2.21 bits per heavy atom. The van der Waals surface area contributed by atoms with Gasteiger partial charge in [0.2, 0.25) is 0 Å². The molecular formula is C17H28OSi. The van der Waals surface area contributed by atoms with Crippen LogP contribution in [0.1, 0.15) is 38.7 Å². The summed E-state index contributed by atoms with van der Waals surface area (Å²) in [6, 6.07) is 10.1. The molecule has 0 amide bonds. The SMILES string of the molecule is COc1ccc([C@@H]2C[C@@H]2C[Si](C)(C)C(C)(C)C)cc1. The Kier molecular flexibility index (Phi) is 3.83. The van der Waals surface area contributed by atoms with Crippen LogP contribution in [-0.2, 0) is 0 Å². The van der Waals surface area contributed by atoms with Crippen molar-refractivity contribution in [1.29, 1.82) is 0 Å². The van der Waals surface area contributed by atoms with Crippen LogP contribution >= 0.6 is 0 Å². The summed E-state index contributed by atoms with van der Waals surface area (Å²) < 4.78 is 5.23. The van der Waals surface area contributed by atoms with Gasteiger partial charge in [-0.1, -0.05) is 52.0 Å². The molecule has 106 valence electrons. The standard InChI is InChI=1S/C17H28OSi/c1-17(2,3)19(5,6)12-14-11-16(14)13-7-9-15(18-4)10-8-13/h7-10,14,16H,11-12H2,1-6H3/t14-,16+/m1/s1. The predicted octanol–water partition coefficient (Wildman–Crippen LogP) is 5.31. The van der Waals surface area contributed by atoms with E-state index in [1.165, 1.54) is 18.0 Å². The Bertz CT molecular complexity index is 428. The first-order valence-electron chi connectivity index (χ1n) is 7.38. The van der Waals surface area contributed by atoms with Crippen LogP contribution < -0.4 is 4.74 Å². The van der Waals surface area contributed by atoms with E-state index < -0.39 is 8.07 Å². The molecule has 1 nitrogen and oxygen atoms in total. The molecule has 2 heteroatoms. The summed E-state index contributed by atoms with van der Waals surface area (Å²) in [5.41, 5.74) is 1.50. The Hall–Kier alpha value is -0.763. The third kappa shape index (κ3) is 3.22. The zero-order valence-electron chi connectivity index (χ0n) is 13.3. The summed E-state index contributed by atoms with van der Waals surface area (Å²) in [6.07, 6.45) is 1.39. The predicted molar refractivity (Wildman–Crippen MR) is 85.8 cm³/mol. The van der Waals surface area contributed by atoms with Crippen molar-refractivity contribution in [1.82, 2.24) is 0 Å². The van der Waals surface area contributed by atoms with Gasteiger partial charge >= 0.3 is 0 Å². The third-order valence-corrected chi connectivity index (χ3v) is 10.9. The van der Waals surface area contributed by atoms with E-state index in [1.807, 2.05) is 0 Å². The maximum Gasteiger partial charge on any atom is 0.118 e. The highest BCUT2D eigenvalue weighted by Gasteiger charge is 2.45. The van der Waals surface area contributed by atoms with Gasteiger partial charge in [-0.3, -0.25) is 0 Å². The number of benzene rings is 1. The first-order chi connectivity index (χ1) is 8.74. The lowest BCUT2D eigenvalue weighted by Gasteiger charge is -2.37. The molecule has 1 aliphatic rings. The maximum absolute atomic E-state index is 5.23. The van der Waals surface area contributed by atoms with Crippen LogP contribution in [0.5, 0.6) is 5.75 Å². The lowest BCUT2D eigenvalue weighted by atomic mass is 10.1. The minimum absolute atomic E-state index is 0.514. The maximum atomic E-state index is 5.23. The molecule has 0 aliphatic heterocycles. The summed E-state index contributed by atoms with van der Waals surface area (Å²) >= 11 is 0. The molecule has 1 aromatic carbocycles. The van der Waals surface area contributed by atoms with Crippen LogP contribution in [0.15, 0.2) is 24.3 Å². The minimum Gasteiger partial charge on any atom is -0.497 e. The molecule has 1 aliphatic carbocycles. The Morgan fingerprint density at radius 1 is 1.16 bits per heavy atom. The third-order valence-electron chi connectivity index (χ3n) is 5.27. The zero-order valence-corrected chi connectivity index (χ0v) is 14.3. The van der Waals surface area contributed by atoms with Gasteiger partial charge in [-0.15, -0.1) is 0 Å². The molecule has 0 N–H and O–H groups in total. The smallest absolute Gasteiger partial charge is 0.118 e. The van der Waals surface area contributed by atoms with Crippen molar-refractivity contribution in [3.05, 3.63) is 29.8 Å². The number of methoxy groups -OCH3 is 1. The van der Waals surface area contributed by atoms with Crippen molar-refractivity contribution in [3.63, 3.8) is 0 Å². The van der Waals surface area contributed by atoms with Crippen LogP contribution in [0.25, 0.3) is 0 Å². The number of ether oxygens (including phenoxy) is 1. The molecule has 0 unspecified atom stereocenters. The van der Waals surface area contributed by atoms with E-state index in [9.17, 15) is 0 Å². The molecule has 1 fully saturated rings. The fraction of sp³-hybridized carbons (Fsp3) is 0.647. The molecule has 0 saturated heterocycles. The second-order valence-corrected chi connectivity index (χ2v) is 13.4. The minimum atomic E-state index is -1.12. The van der Waals surface area contributed by atoms with E-state index in [1.54, 1.807) is 7.11 Å². The van der Waals surface area contributed by atoms with Crippen LogP contribution in [0.3, 0.4) is 0 Å². The second kappa shape index (κ2) is 4.97. The lowest BCUT2D eigenvalue weighted by molar-refractivity contribution is 0.414. The van der Waals surface area contributed by atoms with E-state index in [2.05, 4.69) is 58.1 Å². The number of rotatable bonds is 4. The van der Waals surface area contributed by atoms with Crippen molar-refractivity contribution in [3.8, 4) is 5.75 Å². The van der Waals surface area contributed by atoms with E-state index in [-0.39, 0.29) is 0 Å². The first-order valence-corrected chi connectivity index (χ1v) is 10.6. The van der Waals surface area contributed by atoms with Gasteiger partial charge in [0, 0.05) is 0 Å². The second-order valence-electron chi connectivity index (χ2n) is 7.71. The van der Waals surface area contributed by atoms with Crippen molar-refractivity contribution in [2.75, 3.05) is 7.11 Å². The van der Waals surface area contributed by atoms with Gasteiger partial charge in [-0.25, -0.2) is 0 Å². The molecule has 1 saturated carbocycles. The summed E-state index contributed by atoms with van der Waals surface area (Å²) in [4.78, 5) is 0. The quantitative estimate of drug-likeness (QED) is 0.677. The van der Waals surface area contributed by atoms with E-state index in [0.29, 0.717) is 5.04 Å². The normalized spacial score (nSPS) is 23.3. The fourth-order valence-corrected chi connectivity index (χ4v) is 5.07. The summed E-state index contributed by atoms with van der Waals surface area (Å²) in [5, 5.41) is 0.514. The van der Waals surface area contributed by atoms with E-state index >= 15 is 0 Å². The summed E-state index contributed by atoms with van der Waals surface area (Å²) in [7, 11) is 0.606.